The van der Waals surface area contributed by atoms with Crippen molar-refractivity contribution < 1.29 is 9.90 Å². The number of aromatic hydroxyl groups is 1. The highest BCUT2D eigenvalue weighted by atomic mass is 16.3. The number of carbonyl (C=O) groups excluding carboxylic acids is 1. The van der Waals surface area contributed by atoms with Crippen LogP contribution >= 0.6 is 0 Å². The van der Waals surface area contributed by atoms with Gasteiger partial charge in [0, 0.05) is 12.8 Å². The molecule has 2 nitrogen and oxygen atoms in total. The smallest absolute Gasteiger partial charge is 0.132 e. The monoisotopic (exact) mass is 180 g/mol. The van der Waals surface area contributed by atoms with Gasteiger partial charge in [0.25, 0.3) is 0 Å². The van der Waals surface area contributed by atoms with Crippen molar-refractivity contribution in [1.82, 2.24) is 0 Å². The minimum absolute atomic E-state index is 0.322. The molecule has 0 aliphatic heterocycles. The Balaban J connectivity index is 0.000000226. The quantitative estimate of drug-likeness (QED) is 0.759. The number of Topliss-reactive ketones (excluding diaryl/α,β-unsaturated/α-hetero) is 1. The number of carbonyl (C=O) groups is 1. The van der Waals surface area contributed by atoms with Gasteiger partial charge in [0.15, 0.2) is 0 Å². The van der Waals surface area contributed by atoms with E-state index in [1.54, 1.807) is 24.3 Å². The first-order valence-electron chi connectivity index (χ1n) is 4.46. The van der Waals surface area contributed by atoms with Crippen LogP contribution in [-0.4, -0.2) is 10.9 Å². The van der Waals surface area contributed by atoms with Gasteiger partial charge in [-0.1, -0.05) is 32.0 Å². The molecule has 0 saturated carbocycles. The number of benzene rings is 1. The van der Waals surface area contributed by atoms with Crippen LogP contribution in [0, 0.1) is 0 Å². The molecule has 1 N–H and O–H groups in total. The molecule has 1 aromatic carbocycles. The molecule has 1 rings (SSSR count). The van der Waals surface area contributed by atoms with E-state index in [2.05, 4.69) is 0 Å². The summed E-state index contributed by atoms with van der Waals surface area (Å²) in [6, 6.07) is 8.71. The van der Waals surface area contributed by atoms with E-state index in [1.807, 2.05) is 19.9 Å². The van der Waals surface area contributed by atoms with Crippen molar-refractivity contribution in [1.29, 1.82) is 0 Å². The van der Waals surface area contributed by atoms with E-state index in [0.717, 1.165) is 0 Å². The van der Waals surface area contributed by atoms with Crippen molar-refractivity contribution in [3.63, 3.8) is 0 Å². The third-order valence-corrected chi connectivity index (χ3v) is 1.54. The first-order chi connectivity index (χ1) is 6.20. The largest absolute Gasteiger partial charge is 0.508 e. The van der Waals surface area contributed by atoms with E-state index in [4.69, 9.17) is 5.11 Å². The summed E-state index contributed by atoms with van der Waals surface area (Å²) in [6.45, 7) is 3.76. The predicted molar refractivity (Wildman–Crippen MR) is 53.7 cm³/mol. The molecular weight excluding hydrogens is 164 g/mol. The zero-order valence-electron chi connectivity index (χ0n) is 8.16. The lowest BCUT2D eigenvalue weighted by Crippen LogP contribution is -1.88. The molecule has 0 aliphatic carbocycles. The predicted octanol–water partition coefficient (Wildman–Crippen LogP) is 2.77. The van der Waals surface area contributed by atoms with Gasteiger partial charge in [-0.3, -0.25) is 4.79 Å². The Kier molecular flexibility index (Phi) is 6.60. The van der Waals surface area contributed by atoms with Crippen molar-refractivity contribution >= 4 is 5.78 Å². The minimum Gasteiger partial charge on any atom is -0.508 e. The van der Waals surface area contributed by atoms with Gasteiger partial charge in [0.2, 0.25) is 0 Å². The zero-order valence-corrected chi connectivity index (χ0v) is 8.16. The molecule has 0 heterocycles. The SMILES string of the molecule is CCC(=O)CC.Oc1ccccc1. The second-order valence-corrected chi connectivity index (χ2v) is 2.58. The van der Waals surface area contributed by atoms with Crippen LogP contribution < -0.4 is 0 Å². The van der Waals surface area contributed by atoms with Gasteiger partial charge in [-0.2, -0.15) is 0 Å². The molecule has 13 heavy (non-hydrogen) atoms. The lowest BCUT2D eigenvalue weighted by Gasteiger charge is -1.82. The fraction of sp³-hybridized carbons (Fsp3) is 0.364. The Labute approximate surface area is 79.2 Å². The average Bonchev–Trinajstić information content (AvgIpc) is 2.19. The Morgan fingerprint density at radius 1 is 1.15 bits per heavy atom. The number of phenolic OH excluding ortho intramolecular Hbond substituents is 1. The van der Waals surface area contributed by atoms with Crippen molar-refractivity contribution in [2.45, 2.75) is 26.7 Å². The molecule has 0 bridgehead atoms. The van der Waals surface area contributed by atoms with E-state index >= 15 is 0 Å². The highest BCUT2D eigenvalue weighted by Gasteiger charge is 1.86. The van der Waals surface area contributed by atoms with Gasteiger partial charge < -0.3 is 5.11 Å². The summed E-state index contributed by atoms with van der Waals surface area (Å²) < 4.78 is 0. The van der Waals surface area contributed by atoms with E-state index in [9.17, 15) is 4.79 Å². The third kappa shape index (κ3) is 7.06. The molecule has 0 radical (unpaired) electrons. The Bertz CT molecular complexity index is 223. The maximum Gasteiger partial charge on any atom is 0.132 e. The van der Waals surface area contributed by atoms with E-state index in [0.29, 0.717) is 24.4 Å². The van der Waals surface area contributed by atoms with Crippen molar-refractivity contribution in [2.75, 3.05) is 0 Å². The van der Waals surface area contributed by atoms with Crippen molar-refractivity contribution in [3.05, 3.63) is 30.3 Å². The van der Waals surface area contributed by atoms with Gasteiger partial charge in [0.05, 0.1) is 0 Å². The second-order valence-electron chi connectivity index (χ2n) is 2.58. The number of phenols is 1. The van der Waals surface area contributed by atoms with E-state index in [1.165, 1.54) is 0 Å². The van der Waals surface area contributed by atoms with Crippen LogP contribution in [0.25, 0.3) is 0 Å². The summed E-state index contributed by atoms with van der Waals surface area (Å²) in [5.41, 5.74) is 0. The third-order valence-electron chi connectivity index (χ3n) is 1.54. The Morgan fingerprint density at radius 2 is 1.62 bits per heavy atom. The molecule has 72 valence electrons. The summed E-state index contributed by atoms with van der Waals surface area (Å²) in [5.74, 6) is 0.664. The first-order valence-corrected chi connectivity index (χ1v) is 4.46. The van der Waals surface area contributed by atoms with E-state index in [-0.39, 0.29) is 0 Å². The highest BCUT2D eigenvalue weighted by molar-refractivity contribution is 5.77. The maximum absolute atomic E-state index is 10.2. The van der Waals surface area contributed by atoms with Crippen LogP contribution in [0.3, 0.4) is 0 Å². The Hall–Kier alpha value is -1.31. The fourth-order valence-corrected chi connectivity index (χ4v) is 0.678. The molecule has 0 saturated heterocycles. The molecule has 1 aromatic rings. The van der Waals surface area contributed by atoms with Gasteiger partial charge in [0.1, 0.15) is 11.5 Å². The molecule has 2 heteroatoms. The van der Waals surface area contributed by atoms with Crippen molar-refractivity contribution in [3.8, 4) is 5.75 Å². The topological polar surface area (TPSA) is 37.3 Å². The first kappa shape index (κ1) is 11.7. The lowest BCUT2D eigenvalue weighted by atomic mass is 10.3. The molecule has 0 spiro atoms. The highest BCUT2D eigenvalue weighted by Crippen LogP contribution is 2.02. The molecule has 0 fully saturated rings. The summed E-state index contributed by atoms with van der Waals surface area (Å²) in [4.78, 5) is 10.2. The van der Waals surface area contributed by atoms with Gasteiger partial charge in [-0.25, -0.2) is 0 Å². The van der Waals surface area contributed by atoms with Gasteiger partial charge >= 0.3 is 0 Å². The molecule has 0 aliphatic rings. The number of para-hydroxylation sites is 1. The molecule has 0 aromatic heterocycles. The summed E-state index contributed by atoms with van der Waals surface area (Å²) in [5, 5.41) is 8.63. The Morgan fingerprint density at radius 3 is 1.77 bits per heavy atom. The number of rotatable bonds is 2. The number of hydrogen-bond donors (Lipinski definition) is 1. The molecular formula is C11H16O2. The summed E-state index contributed by atoms with van der Waals surface area (Å²) in [6.07, 6.45) is 1.38. The van der Waals surface area contributed by atoms with E-state index < -0.39 is 0 Å². The van der Waals surface area contributed by atoms with Crippen LogP contribution in [-0.2, 0) is 4.79 Å². The molecule has 0 unspecified atom stereocenters. The van der Waals surface area contributed by atoms with Gasteiger partial charge in [-0.15, -0.1) is 0 Å². The standard InChI is InChI=1S/C6H6O.C5H10O/c7-6-4-2-1-3-5-6;1-3-5(6)4-2/h1-5,7H;3-4H2,1-2H3. The van der Waals surface area contributed by atoms with Crippen LogP contribution in [0.2, 0.25) is 0 Å². The van der Waals surface area contributed by atoms with Gasteiger partial charge in [-0.05, 0) is 12.1 Å². The van der Waals surface area contributed by atoms with Crippen LogP contribution in [0.5, 0.6) is 5.75 Å². The zero-order chi connectivity index (χ0) is 10.1. The van der Waals surface area contributed by atoms with Crippen molar-refractivity contribution in [2.24, 2.45) is 0 Å². The average molecular weight is 180 g/mol. The van der Waals surface area contributed by atoms with Crippen LogP contribution in [0.15, 0.2) is 30.3 Å². The molecule has 0 atom stereocenters. The fourth-order valence-electron chi connectivity index (χ4n) is 0.678. The summed E-state index contributed by atoms with van der Waals surface area (Å²) in [7, 11) is 0. The number of hydrogen-bond acceptors (Lipinski definition) is 2. The maximum atomic E-state index is 10.2. The summed E-state index contributed by atoms with van der Waals surface area (Å²) >= 11 is 0. The minimum atomic E-state index is 0.322. The normalized spacial score (nSPS) is 8.46. The van der Waals surface area contributed by atoms with Crippen LogP contribution in [0.1, 0.15) is 26.7 Å². The number of ketones is 1. The molecule has 0 amide bonds. The van der Waals surface area contributed by atoms with Crippen LogP contribution in [0.4, 0.5) is 0 Å². The second kappa shape index (κ2) is 7.35. The lowest BCUT2D eigenvalue weighted by molar-refractivity contribution is -0.118.